The first-order chi connectivity index (χ1) is 17.6. The number of nitrogens with zero attached hydrogens (tertiary/aromatic N) is 3. The molecule has 0 unspecified atom stereocenters. The van der Waals surface area contributed by atoms with Gasteiger partial charge in [-0.15, -0.1) is 11.3 Å². The molecule has 2 heterocycles. The normalized spacial score (nSPS) is 13.7. The molecular formula is C28H39N7OS. The van der Waals surface area contributed by atoms with Crippen LogP contribution < -0.4 is 22.1 Å². The van der Waals surface area contributed by atoms with Gasteiger partial charge in [-0.25, -0.2) is 4.98 Å². The number of likely N-dealkylation sites (tertiary alicyclic amines) is 1. The van der Waals surface area contributed by atoms with Crippen molar-refractivity contribution < 1.29 is 4.79 Å². The third-order valence-corrected chi connectivity index (χ3v) is 7.06. The lowest BCUT2D eigenvalue weighted by molar-refractivity contribution is -0.119. The maximum Gasteiger partial charge on any atom is 0.216 e. The quantitative estimate of drug-likeness (QED) is 0.208. The number of nitrogen functional groups attached to an aromatic ring is 1. The molecule has 3 aromatic rings. The number of carbonyl (C=O) groups is 1. The van der Waals surface area contributed by atoms with E-state index in [0.717, 1.165) is 35.6 Å². The van der Waals surface area contributed by atoms with E-state index in [9.17, 15) is 4.79 Å². The molecule has 8 nitrogen and oxygen atoms in total. The zero-order valence-electron chi connectivity index (χ0n) is 22.5. The summed E-state index contributed by atoms with van der Waals surface area (Å²) < 4.78 is 0. The van der Waals surface area contributed by atoms with Crippen LogP contribution in [-0.2, 0) is 4.79 Å². The minimum absolute atomic E-state index is 0.0733. The van der Waals surface area contributed by atoms with Crippen LogP contribution in [0.2, 0.25) is 0 Å². The van der Waals surface area contributed by atoms with E-state index in [1.807, 2.05) is 25.3 Å². The molecule has 1 fully saturated rings. The number of carbonyl (C=O) groups excluding carboxylic acids is 1. The topological polar surface area (TPSA) is 122 Å². The molecule has 0 radical (unpaired) electrons. The van der Waals surface area contributed by atoms with Crippen LogP contribution in [0.1, 0.15) is 42.1 Å². The Morgan fingerprint density at radius 2 is 1.78 bits per heavy atom. The van der Waals surface area contributed by atoms with Crippen LogP contribution in [0.3, 0.4) is 0 Å². The van der Waals surface area contributed by atoms with Crippen LogP contribution in [0.5, 0.6) is 0 Å². The number of anilines is 2. The third kappa shape index (κ3) is 8.30. The average molecular weight is 522 g/mol. The molecule has 6 N–H and O–H groups in total. The predicted molar refractivity (Wildman–Crippen MR) is 157 cm³/mol. The first kappa shape index (κ1) is 28.1. The van der Waals surface area contributed by atoms with Crippen molar-refractivity contribution in [3.05, 3.63) is 58.1 Å². The number of amides is 1. The lowest BCUT2D eigenvalue weighted by atomic mass is 9.94. The monoisotopic (exact) mass is 521 g/mol. The van der Waals surface area contributed by atoms with Crippen LogP contribution in [0.4, 0.5) is 16.5 Å². The fraction of sp³-hybridized carbons (Fsp3) is 0.393. The molecule has 0 spiro atoms. The smallest absolute Gasteiger partial charge is 0.216 e. The zero-order valence-corrected chi connectivity index (χ0v) is 23.3. The number of aliphatic imine (C=N–C) groups is 1. The molecule has 4 rings (SSSR count). The van der Waals surface area contributed by atoms with Crippen LogP contribution in [-0.4, -0.2) is 47.9 Å². The summed E-state index contributed by atoms with van der Waals surface area (Å²) in [5.41, 5.74) is 20.5. The highest BCUT2D eigenvalue weighted by Crippen LogP contribution is 2.34. The highest BCUT2D eigenvalue weighted by molar-refractivity contribution is 7.13. The highest BCUT2D eigenvalue weighted by Gasteiger charge is 2.12. The Hall–Kier alpha value is -3.43. The van der Waals surface area contributed by atoms with Crippen LogP contribution in [0.15, 0.2) is 40.7 Å². The van der Waals surface area contributed by atoms with Gasteiger partial charge < -0.3 is 27.0 Å². The second kappa shape index (κ2) is 13.2. The summed E-state index contributed by atoms with van der Waals surface area (Å²) in [6.45, 7) is 13.9. The summed E-state index contributed by atoms with van der Waals surface area (Å²) in [4.78, 5) is 21.5. The fourth-order valence-corrected chi connectivity index (χ4v) is 5.12. The van der Waals surface area contributed by atoms with Crippen molar-refractivity contribution >= 4 is 39.7 Å². The second-order valence-corrected chi connectivity index (χ2v) is 10.3. The summed E-state index contributed by atoms with van der Waals surface area (Å²) in [6, 6.07) is 10.4. The van der Waals surface area contributed by atoms with Crippen molar-refractivity contribution in [2.24, 2.45) is 10.7 Å². The van der Waals surface area contributed by atoms with E-state index in [4.69, 9.17) is 11.5 Å². The minimum atomic E-state index is 0.0733. The lowest BCUT2D eigenvalue weighted by Crippen LogP contribution is -2.32. The van der Waals surface area contributed by atoms with Crippen molar-refractivity contribution in [2.45, 2.75) is 47.5 Å². The Morgan fingerprint density at radius 3 is 2.35 bits per heavy atom. The van der Waals surface area contributed by atoms with Gasteiger partial charge in [0.05, 0.1) is 17.1 Å². The molecule has 0 bridgehead atoms. The summed E-state index contributed by atoms with van der Waals surface area (Å²) in [5.74, 6) is 0.346. The number of nitrogens with one attached hydrogen (secondary N) is 2. The Kier molecular flexibility index (Phi) is 10.0. The molecule has 0 saturated carbocycles. The highest BCUT2D eigenvalue weighted by atomic mass is 32.1. The number of guanidine groups is 1. The number of benzene rings is 2. The van der Waals surface area contributed by atoms with Gasteiger partial charge in [0, 0.05) is 25.4 Å². The maximum atomic E-state index is 10.5. The molecule has 1 aliphatic rings. The minimum Gasteiger partial charge on any atom is -0.397 e. The SMILES string of the molecule is CC(=O)NCCN1CCCC1.Cc1csc(/N=C(\N)Nc2c(C)cc(-c3c(C)cccc3C)cc2N)n1. The third-order valence-electron chi connectivity index (χ3n) is 6.21. The number of rotatable bonds is 6. The molecule has 2 aromatic carbocycles. The first-order valence-electron chi connectivity index (χ1n) is 12.6. The Balaban J connectivity index is 0.000000289. The van der Waals surface area contributed by atoms with Gasteiger partial charge >= 0.3 is 0 Å². The van der Waals surface area contributed by atoms with Crippen molar-refractivity contribution in [2.75, 3.05) is 37.2 Å². The summed E-state index contributed by atoms with van der Waals surface area (Å²) in [6.07, 6.45) is 2.64. The largest absolute Gasteiger partial charge is 0.397 e. The van der Waals surface area contributed by atoms with E-state index in [2.05, 4.69) is 63.6 Å². The Labute approximate surface area is 224 Å². The molecule has 198 valence electrons. The Morgan fingerprint density at radius 1 is 1.11 bits per heavy atom. The van der Waals surface area contributed by atoms with Crippen molar-refractivity contribution in [3.63, 3.8) is 0 Å². The number of aromatic nitrogens is 1. The van der Waals surface area contributed by atoms with Gasteiger partial charge in [0.1, 0.15) is 0 Å². The van der Waals surface area contributed by atoms with Crippen LogP contribution >= 0.6 is 11.3 Å². The first-order valence-corrected chi connectivity index (χ1v) is 13.5. The van der Waals surface area contributed by atoms with Crippen molar-refractivity contribution in [1.29, 1.82) is 0 Å². The van der Waals surface area contributed by atoms with Gasteiger partial charge in [0.15, 0.2) is 0 Å². The Bertz CT molecular complexity index is 1200. The van der Waals surface area contributed by atoms with Gasteiger partial charge in [-0.3, -0.25) is 4.79 Å². The van der Waals surface area contributed by atoms with Gasteiger partial charge in [0.2, 0.25) is 17.0 Å². The number of nitrogens with two attached hydrogens (primary N) is 2. The fourth-order valence-electron chi connectivity index (χ4n) is 4.45. The van der Waals surface area contributed by atoms with Gasteiger partial charge in [-0.2, -0.15) is 4.99 Å². The molecule has 1 aromatic heterocycles. The molecule has 1 aliphatic heterocycles. The van der Waals surface area contributed by atoms with E-state index in [1.54, 1.807) is 6.92 Å². The number of aryl methyl sites for hydroxylation is 4. The van der Waals surface area contributed by atoms with Crippen LogP contribution in [0, 0.1) is 27.7 Å². The number of hydrogen-bond acceptors (Lipinski definition) is 6. The molecule has 1 saturated heterocycles. The van der Waals surface area contributed by atoms with E-state index < -0.39 is 0 Å². The number of hydrogen-bond donors (Lipinski definition) is 4. The van der Waals surface area contributed by atoms with E-state index in [-0.39, 0.29) is 11.9 Å². The van der Waals surface area contributed by atoms with E-state index in [1.165, 1.54) is 54.0 Å². The van der Waals surface area contributed by atoms with E-state index >= 15 is 0 Å². The second-order valence-electron chi connectivity index (χ2n) is 9.45. The molecule has 1 amide bonds. The van der Waals surface area contributed by atoms with E-state index in [0.29, 0.717) is 10.8 Å². The standard InChI is InChI=1S/C20H23N5S.C8H16N2O/c1-11-6-5-7-12(2)17(11)15-8-13(3)18(16(21)9-15)24-19(22)25-20-23-14(4)10-26-20;1-8(11)9-4-7-10-5-2-3-6-10/h5-10H,21H2,1-4H3,(H3,22,23,24,25);2-7H2,1H3,(H,9,11). The molecule has 37 heavy (non-hydrogen) atoms. The van der Waals surface area contributed by atoms with Crippen molar-refractivity contribution in [1.82, 2.24) is 15.2 Å². The maximum absolute atomic E-state index is 10.5. The molecular weight excluding hydrogens is 482 g/mol. The van der Waals surface area contributed by atoms with Gasteiger partial charge in [0.25, 0.3) is 0 Å². The predicted octanol–water partition coefficient (Wildman–Crippen LogP) is 4.90. The summed E-state index contributed by atoms with van der Waals surface area (Å²) in [5, 5.41) is 8.46. The van der Waals surface area contributed by atoms with Crippen LogP contribution in [0.25, 0.3) is 11.1 Å². The number of thiazole rings is 1. The summed E-state index contributed by atoms with van der Waals surface area (Å²) >= 11 is 1.45. The molecule has 0 aliphatic carbocycles. The van der Waals surface area contributed by atoms with Crippen molar-refractivity contribution in [3.8, 4) is 11.1 Å². The van der Waals surface area contributed by atoms with Gasteiger partial charge in [-0.05, 0) is 93.6 Å². The molecule has 9 heteroatoms. The lowest BCUT2D eigenvalue weighted by Gasteiger charge is -2.16. The summed E-state index contributed by atoms with van der Waals surface area (Å²) in [7, 11) is 0. The van der Waals surface area contributed by atoms with Gasteiger partial charge in [-0.1, -0.05) is 18.2 Å². The molecule has 0 atom stereocenters. The average Bonchev–Trinajstić information content (AvgIpc) is 3.48. The zero-order chi connectivity index (χ0) is 26.9.